The minimum absolute atomic E-state index is 0. The van der Waals surface area contributed by atoms with Crippen LogP contribution in [0, 0.1) is 0 Å². The number of esters is 1. The maximum atomic E-state index is 12.1. The van der Waals surface area contributed by atoms with Crippen molar-refractivity contribution in [2.75, 3.05) is 7.11 Å². The van der Waals surface area contributed by atoms with Crippen molar-refractivity contribution in [3.05, 3.63) is 29.8 Å². The van der Waals surface area contributed by atoms with Crippen molar-refractivity contribution in [3.63, 3.8) is 0 Å². The summed E-state index contributed by atoms with van der Waals surface area (Å²) < 4.78 is 11.4. The monoisotopic (exact) mass is 396 g/mol. The van der Waals surface area contributed by atoms with Gasteiger partial charge in [0.1, 0.15) is 5.78 Å². The van der Waals surface area contributed by atoms with Gasteiger partial charge in [-0.25, -0.2) is 4.79 Å². The van der Waals surface area contributed by atoms with Crippen LogP contribution in [0.1, 0.15) is 51.4 Å². The van der Waals surface area contributed by atoms with Crippen LogP contribution in [0.4, 0.5) is 0 Å². The van der Waals surface area contributed by atoms with Crippen LogP contribution < -0.4 is 0 Å². The Kier molecular flexibility index (Phi) is 7.69. The van der Waals surface area contributed by atoms with Gasteiger partial charge in [-0.2, -0.15) is 0 Å². The molecule has 0 amide bonds. The smallest absolute Gasteiger partial charge is 0.338 e. The number of thioether (sulfide) groups is 1. The fourth-order valence-corrected chi connectivity index (χ4v) is 5.39. The molecule has 1 aliphatic carbocycles. The molecule has 1 aliphatic rings. The van der Waals surface area contributed by atoms with Crippen LogP contribution in [0.3, 0.4) is 0 Å². The first-order valence-corrected chi connectivity index (χ1v) is 12.4. The van der Waals surface area contributed by atoms with Crippen LogP contribution in [0.2, 0.25) is 18.1 Å². The first kappa shape index (κ1) is 22.9. The summed E-state index contributed by atoms with van der Waals surface area (Å²) in [5.41, 5.74) is 0.542. The molecule has 26 heavy (non-hydrogen) atoms. The number of ketones is 1. The SMILES string of the molecule is C.COC(=O)c1ccccc1S[C@H]1CC(=O)C[C@@H]1O[Si](C)(C)C(C)(C)C. The van der Waals surface area contributed by atoms with Crippen LogP contribution in [-0.4, -0.2) is 38.5 Å². The highest BCUT2D eigenvalue weighted by Gasteiger charge is 2.44. The van der Waals surface area contributed by atoms with Crippen molar-refractivity contribution >= 4 is 31.8 Å². The van der Waals surface area contributed by atoms with E-state index in [2.05, 4.69) is 33.9 Å². The Balaban J connectivity index is 0.00000338. The van der Waals surface area contributed by atoms with Gasteiger partial charge in [-0.05, 0) is 30.3 Å². The second kappa shape index (κ2) is 8.72. The molecule has 1 saturated carbocycles. The highest BCUT2D eigenvalue weighted by atomic mass is 32.2. The zero-order valence-electron chi connectivity index (χ0n) is 15.9. The molecule has 0 aliphatic heterocycles. The summed E-state index contributed by atoms with van der Waals surface area (Å²) in [6.45, 7) is 11.0. The van der Waals surface area contributed by atoms with Gasteiger partial charge in [0.15, 0.2) is 8.32 Å². The number of carbonyl (C=O) groups excluding carboxylic acids is 2. The summed E-state index contributed by atoms with van der Waals surface area (Å²) in [4.78, 5) is 24.9. The third-order valence-corrected chi connectivity index (χ3v) is 11.0. The minimum Gasteiger partial charge on any atom is -0.465 e. The van der Waals surface area contributed by atoms with Crippen LogP contribution in [0.15, 0.2) is 29.2 Å². The van der Waals surface area contributed by atoms with Gasteiger partial charge in [0.05, 0.1) is 18.8 Å². The molecule has 0 bridgehead atoms. The second-order valence-corrected chi connectivity index (χ2v) is 14.0. The van der Waals surface area contributed by atoms with Gasteiger partial charge in [-0.3, -0.25) is 4.79 Å². The van der Waals surface area contributed by atoms with E-state index < -0.39 is 8.32 Å². The largest absolute Gasteiger partial charge is 0.465 e. The lowest BCUT2D eigenvalue weighted by Crippen LogP contribution is -2.45. The van der Waals surface area contributed by atoms with Gasteiger partial charge in [-0.15, -0.1) is 11.8 Å². The molecule has 0 aromatic heterocycles. The Bertz CT molecular complexity index is 651. The molecule has 0 heterocycles. The Morgan fingerprint density at radius 1 is 1.19 bits per heavy atom. The number of benzene rings is 1. The third kappa shape index (κ3) is 5.21. The molecular weight excluding hydrogens is 364 g/mol. The Morgan fingerprint density at radius 3 is 2.38 bits per heavy atom. The van der Waals surface area contributed by atoms with Crippen molar-refractivity contribution < 1.29 is 18.8 Å². The molecule has 0 spiro atoms. The second-order valence-electron chi connectivity index (χ2n) is 8.01. The van der Waals surface area contributed by atoms with Crippen LogP contribution in [-0.2, 0) is 14.0 Å². The lowest BCUT2D eigenvalue weighted by molar-refractivity contribution is -0.117. The number of methoxy groups -OCH3 is 1. The van der Waals surface area contributed by atoms with Gasteiger partial charge in [0, 0.05) is 23.0 Å². The Morgan fingerprint density at radius 2 is 1.81 bits per heavy atom. The van der Waals surface area contributed by atoms with E-state index in [0.29, 0.717) is 18.4 Å². The average Bonchev–Trinajstić information content (AvgIpc) is 2.84. The summed E-state index contributed by atoms with van der Waals surface area (Å²) in [6, 6.07) is 7.38. The summed E-state index contributed by atoms with van der Waals surface area (Å²) in [5, 5.41) is 0.130. The van der Waals surface area contributed by atoms with E-state index >= 15 is 0 Å². The lowest BCUT2D eigenvalue weighted by Gasteiger charge is -2.39. The summed E-state index contributed by atoms with van der Waals surface area (Å²) in [5.74, 6) is -0.119. The van der Waals surface area contributed by atoms with E-state index in [4.69, 9.17) is 9.16 Å². The fourth-order valence-electron chi connectivity index (χ4n) is 2.60. The lowest BCUT2D eigenvalue weighted by atomic mass is 10.2. The zero-order valence-corrected chi connectivity index (χ0v) is 17.7. The van der Waals surface area contributed by atoms with E-state index in [1.807, 2.05) is 18.2 Å². The number of hydrogen-bond donors (Lipinski definition) is 0. The van der Waals surface area contributed by atoms with Gasteiger partial charge in [0.2, 0.25) is 0 Å². The Labute approximate surface area is 163 Å². The van der Waals surface area contributed by atoms with Gasteiger partial charge in [-0.1, -0.05) is 40.3 Å². The maximum Gasteiger partial charge on any atom is 0.338 e. The van der Waals surface area contributed by atoms with E-state index in [1.165, 1.54) is 7.11 Å². The molecule has 0 saturated heterocycles. The summed E-state index contributed by atoms with van der Waals surface area (Å²) in [7, 11) is -0.577. The summed E-state index contributed by atoms with van der Waals surface area (Å²) >= 11 is 1.56. The predicted molar refractivity (Wildman–Crippen MR) is 110 cm³/mol. The molecule has 0 N–H and O–H groups in total. The average molecular weight is 397 g/mol. The zero-order chi connectivity index (χ0) is 18.8. The molecular formula is C20H32O4SSi. The van der Waals surface area contributed by atoms with Gasteiger partial charge in [0.25, 0.3) is 0 Å². The van der Waals surface area contributed by atoms with Crippen molar-refractivity contribution in [2.24, 2.45) is 0 Å². The highest BCUT2D eigenvalue weighted by Crippen LogP contribution is 2.42. The first-order valence-electron chi connectivity index (χ1n) is 8.58. The maximum absolute atomic E-state index is 12.1. The number of Topliss-reactive ketones (excluding diaryl/α,β-unsaturated/α-hetero) is 1. The van der Waals surface area contributed by atoms with E-state index in [-0.39, 0.29) is 35.6 Å². The molecule has 1 fully saturated rings. The molecule has 1 aromatic rings. The van der Waals surface area contributed by atoms with E-state index in [1.54, 1.807) is 17.8 Å². The summed E-state index contributed by atoms with van der Waals surface area (Å²) in [6.07, 6.45) is 0.855. The molecule has 0 radical (unpaired) electrons. The quantitative estimate of drug-likeness (QED) is 0.498. The molecule has 146 valence electrons. The van der Waals surface area contributed by atoms with Crippen molar-refractivity contribution in [1.82, 2.24) is 0 Å². The topological polar surface area (TPSA) is 52.6 Å². The molecule has 4 nitrogen and oxygen atoms in total. The van der Waals surface area contributed by atoms with Crippen LogP contribution in [0.25, 0.3) is 0 Å². The van der Waals surface area contributed by atoms with Gasteiger partial charge >= 0.3 is 5.97 Å². The van der Waals surface area contributed by atoms with Crippen LogP contribution >= 0.6 is 11.8 Å². The first-order chi connectivity index (χ1) is 11.5. The number of ether oxygens (including phenoxy) is 1. The van der Waals surface area contributed by atoms with Crippen molar-refractivity contribution in [3.8, 4) is 0 Å². The highest BCUT2D eigenvalue weighted by molar-refractivity contribution is 8.00. The number of carbonyl (C=O) groups is 2. The molecule has 1 aromatic carbocycles. The molecule has 6 heteroatoms. The predicted octanol–water partition coefficient (Wildman–Crippen LogP) is 5.32. The number of hydrogen-bond acceptors (Lipinski definition) is 5. The van der Waals surface area contributed by atoms with Gasteiger partial charge < -0.3 is 9.16 Å². The van der Waals surface area contributed by atoms with E-state index in [0.717, 1.165) is 4.90 Å². The fraction of sp³-hybridized carbons (Fsp3) is 0.600. The molecule has 0 unspecified atom stereocenters. The molecule has 2 atom stereocenters. The molecule has 2 rings (SSSR count). The normalized spacial score (nSPS) is 20.6. The van der Waals surface area contributed by atoms with Crippen molar-refractivity contribution in [2.45, 2.75) is 75.4 Å². The van der Waals surface area contributed by atoms with E-state index in [9.17, 15) is 9.59 Å². The van der Waals surface area contributed by atoms with Crippen LogP contribution in [0.5, 0.6) is 0 Å². The van der Waals surface area contributed by atoms with Crippen molar-refractivity contribution in [1.29, 1.82) is 0 Å². The Hall–Kier alpha value is -1.11. The number of rotatable bonds is 5. The standard InChI is InChI=1S/C19H28O4SSi.CH4/c1-19(2,3)25(5,6)23-15-11-13(20)12-17(15)24-16-10-8-7-9-14(16)18(21)22-4;/h7-10,15,17H,11-12H2,1-6H3;1H4/t15-,17-;/m0./s1. The third-order valence-electron chi connectivity index (χ3n) is 5.10. The minimum atomic E-state index is -1.96.